The molecule has 3 nitrogen and oxygen atoms in total. The highest BCUT2D eigenvalue weighted by Gasteiger charge is 2.12. The smallest absolute Gasteiger partial charge is 0.107 e. The second-order valence-corrected chi connectivity index (χ2v) is 6.35. The van der Waals surface area contributed by atoms with Gasteiger partial charge < -0.3 is 5.32 Å². The van der Waals surface area contributed by atoms with Crippen LogP contribution in [0, 0.1) is 20.8 Å². The quantitative estimate of drug-likeness (QED) is 0.923. The molecule has 2 aromatic heterocycles. The molecule has 2 heterocycles. The summed E-state index contributed by atoms with van der Waals surface area (Å²) in [7, 11) is 0. The minimum absolute atomic E-state index is 0.338. The Morgan fingerprint density at radius 1 is 1.29 bits per heavy atom. The van der Waals surface area contributed by atoms with Gasteiger partial charge in [-0.25, -0.2) is 9.97 Å². The Hall–Kier alpha value is -0.780. The van der Waals surface area contributed by atoms with E-state index in [1.807, 2.05) is 6.92 Å². The Morgan fingerprint density at radius 2 is 2.06 bits per heavy atom. The fourth-order valence-electron chi connectivity index (χ4n) is 1.77. The van der Waals surface area contributed by atoms with Gasteiger partial charge in [0.25, 0.3) is 0 Å². The summed E-state index contributed by atoms with van der Waals surface area (Å²) in [6.07, 6.45) is 0. The second-order valence-electron chi connectivity index (χ2n) is 4.17. The lowest BCUT2D eigenvalue weighted by atomic mass is 10.2. The van der Waals surface area contributed by atoms with Crippen molar-refractivity contribution in [2.75, 3.05) is 0 Å². The number of aryl methyl sites for hydroxylation is 3. The molecule has 0 aliphatic rings. The lowest BCUT2D eigenvalue weighted by Gasteiger charge is -2.11. The summed E-state index contributed by atoms with van der Waals surface area (Å²) < 4.78 is 0. The highest BCUT2D eigenvalue weighted by atomic mass is 32.1. The third kappa shape index (κ3) is 3.12. The Bertz CT molecular complexity index is 502. The molecule has 2 aromatic rings. The Labute approximate surface area is 110 Å². The molecular formula is C12H17N3S2. The van der Waals surface area contributed by atoms with Gasteiger partial charge in [0.2, 0.25) is 0 Å². The summed E-state index contributed by atoms with van der Waals surface area (Å²) in [5.74, 6) is 0. The van der Waals surface area contributed by atoms with Gasteiger partial charge in [0.1, 0.15) is 5.01 Å². The lowest BCUT2D eigenvalue weighted by Crippen LogP contribution is -2.17. The fourth-order valence-corrected chi connectivity index (χ4v) is 3.44. The van der Waals surface area contributed by atoms with Crippen LogP contribution in [0.15, 0.2) is 5.38 Å². The largest absolute Gasteiger partial charge is 0.303 e. The molecule has 5 heteroatoms. The molecule has 0 amide bonds. The highest BCUT2D eigenvalue weighted by molar-refractivity contribution is 7.11. The average Bonchev–Trinajstić information content (AvgIpc) is 2.81. The number of nitrogens with one attached hydrogen (secondary N) is 1. The van der Waals surface area contributed by atoms with Gasteiger partial charge in [-0.3, -0.25) is 0 Å². The van der Waals surface area contributed by atoms with Crippen LogP contribution in [0.4, 0.5) is 0 Å². The molecule has 92 valence electrons. The summed E-state index contributed by atoms with van der Waals surface area (Å²) in [6.45, 7) is 9.17. The minimum atomic E-state index is 0.338. The molecule has 1 unspecified atom stereocenters. The van der Waals surface area contributed by atoms with Crippen LogP contribution in [0.1, 0.15) is 39.2 Å². The molecule has 0 aliphatic carbocycles. The van der Waals surface area contributed by atoms with Gasteiger partial charge in [0.05, 0.1) is 10.7 Å². The zero-order valence-corrected chi connectivity index (χ0v) is 12.2. The first-order chi connectivity index (χ1) is 8.06. The van der Waals surface area contributed by atoms with Crippen LogP contribution in [-0.2, 0) is 6.54 Å². The first-order valence-electron chi connectivity index (χ1n) is 5.64. The van der Waals surface area contributed by atoms with Crippen molar-refractivity contribution in [3.8, 4) is 0 Å². The van der Waals surface area contributed by atoms with Crippen LogP contribution in [-0.4, -0.2) is 9.97 Å². The molecule has 0 aromatic carbocycles. The summed E-state index contributed by atoms with van der Waals surface area (Å²) >= 11 is 3.48. The minimum Gasteiger partial charge on any atom is -0.303 e. The van der Waals surface area contributed by atoms with E-state index in [-0.39, 0.29) is 0 Å². The van der Waals surface area contributed by atoms with Gasteiger partial charge in [0.15, 0.2) is 0 Å². The molecule has 0 radical (unpaired) electrons. The SMILES string of the molecule is Cc1csc(CNC(C)c2sc(C)nc2C)n1. The number of aromatic nitrogens is 2. The Balaban J connectivity index is 1.97. The maximum absolute atomic E-state index is 4.46. The van der Waals surface area contributed by atoms with Crippen LogP contribution >= 0.6 is 22.7 Å². The van der Waals surface area contributed by atoms with Crippen molar-refractivity contribution in [1.82, 2.24) is 15.3 Å². The van der Waals surface area contributed by atoms with E-state index in [1.165, 1.54) is 4.88 Å². The van der Waals surface area contributed by atoms with Gasteiger partial charge in [0, 0.05) is 28.5 Å². The monoisotopic (exact) mass is 267 g/mol. The maximum Gasteiger partial charge on any atom is 0.107 e. The molecule has 0 aliphatic heterocycles. The number of hydrogen-bond donors (Lipinski definition) is 1. The van der Waals surface area contributed by atoms with Crippen molar-refractivity contribution in [2.24, 2.45) is 0 Å². The van der Waals surface area contributed by atoms with Gasteiger partial charge in [-0.1, -0.05) is 0 Å². The third-order valence-electron chi connectivity index (χ3n) is 2.56. The van der Waals surface area contributed by atoms with E-state index in [1.54, 1.807) is 22.7 Å². The first-order valence-corrected chi connectivity index (χ1v) is 7.34. The van der Waals surface area contributed by atoms with Crippen LogP contribution in [0.3, 0.4) is 0 Å². The van der Waals surface area contributed by atoms with Crippen molar-refractivity contribution < 1.29 is 0 Å². The second kappa shape index (κ2) is 5.25. The van der Waals surface area contributed by atoms with Gasteiger partial charge in [-0.15, -0.1) is 22.7 Å². The normalized spacial score (nSPS) is 12.9. The van der Waals surface area contributed by atoms with E-state index in [4.69, 9.17) is 0 Å². The molecule has 0 fully saturated rings. The number of thiazole rings is 2. The predicted molar refractivity (Wildman–Crippen MR) is 73.7 cm³/mol. The topological polar surface area (TPSA) is 37.8 Å². The van der Waals surface area contributed by atoms with Gasteiger partial charge in [-0.05, 0) is 27.7 Å². The molecule has 0 spiro atoms. The average molecular weight is 267 g/mol. The zero-order chi connectivity index (χ0) is 12.4. The van der Waals surface area contributed by atoms with Crippen LogP contribution in [0.5, 0.6) is 0 Å². The summed E-state index contributed by atoms with van der Waals surface area (Å²) in [5, 5.41) is 7.87. The van der Waals surface area contributed by atoms with E-state index in [0.29, 0.717) is 6.04 Å². The molecule has 17 heavy (non-hydrogen) atoms. The molecule has 1 atom stereocenters. The molecular weight excluding hydrogens is 250 g/mol. The molecule has 0 bridgehead atoms. The number of hydrogen-bond acceptors (Lipinski definition) is 5. The van der Waals surface area contributed by atoms with Crippen LogP contribution in [0.2, 0.25) is 0 Å². The van der Waals surface area contributed by atoms with Crippen LogP contribution < -0.4 is 5.32 Å². The first kappa shape index (κ1) is 12.7. The summed E-state index contributed by atoms with van der Waals surface area (Å²) in [4.78, 5) is 10.2. The maximum atomic E-state index is 4.46. The van der Waals surface area contributed by atoms with Crippen molar-refractivity contribution >= 4 is 22.7 Å². The van der Waals surface area contributed by atoms with E-state index >= 15 is 0 Å². The predicted octanol–water partition coefficient (Wildman–Crippen LogP) is 3.38. The highest BCUT2D eigenvalue weighted by Crippen LogP contribution is 2.24. The molecule has 0 saturated carbocycles. The summed E-state index contributed by atoms with van der Waals surface area (Å²) in [5.41, 5.74) is 2.24. The van der Waals surface area contributed by atoms with Crippen molar-refractivity contribution in [2.45, 2.75) is 40.3 Å². The van der Waals surface area contributed by atoms with Gasteiger partial charge >= 0.3 is 0 Å². The van der Waals surface area contributed by atoms with Gasteiger partial charge in [-0.2, -0.15) is 0 Å². The standard InChI is InChI=1S/C12H17N3S2/c1-7-6-16-11(14-7)5-13-8(2)12-9(3)15-10(4)17-12/h6,8,13H,5H2,1-4H3. The molecule has 2 rings (SSSR count). The van der Waals surface area contributed by atoms with Crippen molar-refractivity contribution in [1.29, 1.82) is 0 Å². The van der Waals surface area contributed by atoms with Crippen LogP contribution in [0.25, 0.3) is 0 Å². The van der Waals surface area contributed by atoms with E-state index < -0.39 is 0 Å². The number of nitrogens with zero attached hydrogens (tertiary/aromatic N) is 2. The lowest BCUT2D eigenvalue weighted by molar-refractivity contribution is 0.577. The fraction of sp³-hybridized carbons (Fsp3) is 0.500. The van der Waals surface area contributed by atoms with E-state index in [0.717, 1.165) is 27.9 Å². The number of rotatable bonds is 4. The molecule has 0 saturated heterocycles. The summed E-state index contributed by atoms with van der Waals surface area (Å²) in [6, 6.07) is 0.338. The third-order valence-corrected chi connectivity index (χ3v) is 4.78. The zero-order valence-electron chi connectivity index (χ0n) is 10.6. The molecule has 1 N–H and O–H groups in total. The van der Waals surface area contributed by atoms with E-state index in [2.05, 4.69) is 41.4 Å². The van der Waals surface area contributed by atoms with Crippen molar-refractivity contribution in [3.05, 3.63) is 31.7 Å². The van der Waals surface area contributed by atoms with E-state index in [9.17, 15) is 0 Å². The van der Waals surface area contributed by atoms with Crippen molar-refractivity contribution in [3.63, 3.8) is 0 Å². The Morgan fingerprint density at radius 3 is 2.59 bits per heavy atom. The Kier molecular flexibility index (Phi) is 3.91.